The zero-order valence-electron chi connectivity index (χ0n) is 8.78. The molecule has 2 unspecified atom stereocenters. The molecule has 2 rings (SSSR count). The monoisotopic (exact) mass is 198 g/mol. The van der Waals surface area contributed by atoms with Gasteiger partial charge >= 0.3 is 0 Å². The first-order chi connectivity index (χ1) is 6.79. The van der Waals surface area contributed by atoms with E-state index in [1.54, 1.807) is 0 Å². The molecule has 0 spiro atoms. The Morgan fingerprint density at radius 1 is 1.21 bits per heavy atom. The zero-order valence-corrected chi connectivity index (χ0v) is 8.78. The maximum atomic E-state index is 9.17. The van der Waals surface area contributed by atoms with Crippen molar-refractivity contribution >= 4 is 0 Å². The van der Waals surface area contributed by atoms with Gasteiger partial charge in [-0.05, 0) is 44.1 Å². The second-order valence-electron chi connectivity index (χ2n) is 4.97. The third-order valence-electron chi connectivity index (χ3n) is 3.89. The van der Waals surface area contributed by atoms with Crippen LogP contribution in [0.15, 0.2) is 0 Å². The molecule has 0 aliphatic heterocycles. The van der Waals surface area contributed by atoms with Gasteiger partial charge in [0.1, 0.15) is 0 Å². The average molecular weight is 198 g/mol. The minimum atomic E-state index is 0.372. The van der Waals surface area contributed by atoms with E-state index < -0.39 is 0 Å². The number of nitrogens with one attached hydrogen (secondary N) is 1. The summed E-state index contributed by atoms with van der Waals surface area (Å²) in [6.07, 6.45) is 6.07. The summed E-state index contributed by atoms with van der Waals surface area (Å²) in [5.74, 6) is 1.26. The lowest BCUT2D eigenvalue weighted by Crippen LogP contribution is -2.49. The van der Waals surface area contributed by atoms with Crippen molar-refractivity contribution in [1.29, 1.82) is 0 Å². The molecule has 14 heavy (non-hydrogen) atoms. The molecule has 3 heteroatoms. The lowest BCUT2D eigenvalue weighted by Gasteiger charge is -2.34. The summed E-state index contributed by atoms with van der Waals surface area (Å²) in [4.78, 5) is 0. The van der Waals surface area contributed by atoms with Crippen molar-refractivity contribution < 1.29 is 5.11 Å². The molecule has 0 aromatic heterocycles. The van der Waals surface area contributed by atoms with Crippen LogP contribution < -0.4 is 11.1 Å². The van der Waals surface area contributed by atoms with Gasteiger partial charge in [-0.1, -0.05) is 6.42 Å². The molecule has 0 radical (unpaired) electrons. The molecule has 2 aliphatic rings. The summed E-state index contributed by atoms with van der Waals surface area (Å²) in [5, 5.41) is 12.7. The molecule has 0 amide bonds. The summed E-state index contributed by atoms with van der Waals surface area (Å²) in [7, 11) is 0. The Morgan fingerprint density at radius 3 is 2.57 bits per heavy atom. The van der Waals surface area contributed by atoms with E-state index in [1.807, 2.05) is 0 Å². The van der Waals surface area contributed by atoms with Gasteiger partial charge in [0.2, 0.25) is 0 Å². The molecule has 0 bridgehead atoms. The lowest BCUT2D eigenvalue weighted by molar-refractivity contribution is 0.183. The molecule has 2 aliphatic carbocycles. The maximum Gasteiger partial charge on any atom is 0.0462 e. The normalized spacial score (nSPS) is 42.4. The summed E-state index contributed by atoms with van der Waals surface area (Å²) >= 11 is 0. The van der Waals surface area contributed by atoms with Gasteiger partial charge in [-0.2, -0.15) is 0 Å². The fraction of sp³-hybridized carbons (Fsp3) is 1.00. The van der Waals surface area contributed by atoms with Gasteiger partial charge in [0.25, 0.3) is 0 Å². The third-order valence-corrected chi connectivity index (χ3v) is 3.89. The number of aliphatic hydroxyl groups excluding tert-OH is 1. The fourth-order valence-electron chi connectivity index (χ4n) is 2.77. The quantitative estimate of drug-likeness (QED) is 0.615. The van der Waals surface area contributed by atoms with Crippen molar-refractivity contribution in [3.63, 3.8) is 0 Å². The van der Waals surface area contributed by atoms with E-state index in [0.29, 0.717) is 30.5 Å². The minimum absolute atomic E-state index is 0.372. The number of aliphatic hydroxyl groups is 1. The average Bonchev–Trinajstić information content (AvgIpc) is 2.57. The van der Waals surface area contributed by atoms with Gasteiger partial charge in [-0.25, -0.2) is 0 Å². The minimum Gasteiger partial charge on any atom is -0.396 e. The van der Waals surface area contributed by atoms with Crippen LogP contribution in [-0.2, 0) is 0 Å². The van der Waals surface area contributed by atoms with Gasteiger partial charge in [0.05, 0.1) is 0 Å². The van der Waals surface area contributed by atoms with E-state index in [9.17, 15) is 0 Å². The summed E-state index contributed by atoms with van der Waals surface area (Å²) in [5.41, 5.74) is 5.73. The van der Waals surface area contributed by atoms with Crippen LogP contribution in [0.5, 0.6) is 0 Å². The van der Waals surface area contributed by atoms with Crippen molar-refractivity contribution in [2.24, 2.45) is 17.6 Å². The molecule has 2 atom stereocenters. The van der Waals surface area contributed by atoms with Crippen LogP contribution in [0.25, 0.3) is 0 Å². The molecule has 0 saturated heterocycles. The second kappa shape index (κ2) is 4.60. The Labute approximate surface area is 86.1 Å². The molecule has 4 N–H and O–H groups in total. The van der Waals surface area contributed by atoms with Crippen LogP contribution in [0.2, 0.25) is 0 Å². The first-order valence-electron chi connectivity index (χ1n) is 5.89. The second-order valence-corrected chi connectivity index (χ2v) is 4.97. The van der Waals surface area contributed by atoms with Crippen molar-refractivity contribution in [2.75, 3.05) is 13.2 Å². The Morgan fingerprint density at radius 2 is 1.93 bits per heavy atom. The first kappa shape index (κ1) is 10.4. The van der Waals surface area contributed by atoms with E-state index in [0.717, 1.165) is 19.4 Å². The largest absolute Gasteiger partial charge is 0.396 e. The highest BCUT2D eigenvalue weighted by Gasteiger charge is 2.29. The molecule has 0 aromatic rings. The van der Waals surface area contributed by atoms with E-state index in [-0.39, 0.29) is 0 Å². The Balaban J connectivity index is 1.65. The van der Waals surface area contributed by atoms with Gasteiger partial charge in [-0.15, -0.1) is 0 Å². The lowest BCUT2D eigenvalue weighted by atomic mass is 9.87. The van der Waals surface area contributed by atoms with Crippen LogP contribution in [0.1, 0.15) is 32.1 Å². The number of rotatable bonds is 4. The van der Waals surface area contributed by atoms with Gasteiger partial charge in [-0.3, -0.25) is 0 Å². The number of hydrogen-bond acceptors (Lipinski definition) is 3. The fourth-order valence-corrected chi connectivity index (χ4v) is 2.77. The first-order valence-corrected chi connectivity index (χ1v) is 5.89. The smallest absolute Gasteiger partial charge is 0.0462 e. The van der Waals surface area contributed by atoms with Crippen LogP contribution in [0, 0.1) is 11.8 Å². The van der Waals surface area contributed by atoms with Crippen molar-refractivity contribution in [1.82, 2.24) is 5.32 Å². The third kappa shape index (κ3) is 2.27. The van der Waals surface area contributed by atoms with Crippen LogP contribution >= 0.6 is 0 Å². The molecule has 3 nitrogen and oxygen atoms in total. The summed E-state index contributed by atoms with van der Waals surface area (Å²) in [6.45, 7) is 1.46. The topological polar surface area (TPSA) is 58.3 Å². The van der Waals surface area contributed by atoms with E-state index in [1.165, 1.54) is 19.3 Å². The van der Waals surface area contributed by atoms with E-state index in [4.69, 9.17) is 10.8 Å². The summed E-state index contributed by atoms with van der Waals surface area (Å²) < 4.78 is 0. The Kier molecular flexibility index (Phi) is 3.42. The molecular weight excluding hydrogens is 176 g/mol. The molecule has 0 heterocycles. The highest BCUT2D eigenvalue weighted by atomic mass is 16.3. The number of nitrogens with two attached hydrogens (primary N) is 1. The Bertz CT molecular complexity index is 180. The molecule has 2 fully saturated rings. The highest BCUT2D eigenvalue weighted by molar-refractivity contribution is 4.89. The Hall–Kier alpha value is -0.120. The molecule has 0 aromatic carbocycles. The standard InChI is InChI=1S/C11H22N2O/c12-10-4-11(5-10)13-6-8-2-1-3-9(8)7-14/h8-11,13-14H,1-7,12H2. The van der Waals surface area contributed by atoms with Gasteiger partial charge in [0.15, 0.2) is 0 Å². The van der Waals surface area contributed by atoms with E-state index >= 15 is 0 Å². The van der Waals surface area contributed by atoms with Gasteiger partial charge < -0.3 is 16.2 Å². The molecular formula is C11H22N2O. The van der Waals surface area contributed by atoms with Crippen LogP contribution in [0.3, 0.4) is 0 Å². The predicted molar refractivity (Wildman–Crippen MR) is 56.9 cm³/mol. The van der Waals surface area contributed by atoms with Crippen LogP contribution in [0.4, 0.5) is 0 Å². The SMILES string of the molecule is NC1CC(NCC2CCCC2CO)C1. The highest BCUT2D eigenvalue weighted by Crippen LogP contribution is 2.31. The van der Waals surface area contributed by atoms with Crippen molar-refractivity contribution in [3.8, 4) is 0 Å². The molecule has 82 valence electrons. The van der Waals surface area contributed by atoms with E-state index in [2.05, 4.69) is 5.32 Å². The maximum absolute atomic E-state index is 9.17. The van der Waals surface area contributed by atoms with Gasteiger partial charge in [0, 0.05) is 18.7 Å². The predicted octanol–water partition coefficient (Wildman–Crippen LogP) is 0.474. The zero-order chi connectivity index (χ0) is 9.97. The van der Waals surface area contributed by atoms with Crippen molar-refractivity contribution in [2.45, 2.75) is 44.2 Å². The summed E-state index contributed by atoms with van der Waals surface area (Å²) in [6, 6.07) is 1.09. The van der Waals surface area contributed by atoms with Crippen LogP contribution in [-0.4, -0.2) is 30.3 Å². The van der Waals surface area contributed by atoms with Crippen molar-refractivity contribution in [3.05, 3.63) is 0 Å². The number of hydrogen-bond donors (Lipinski definition) is 3. The molecule has 2 saturated carbocycles.